The van der Waals surface area contributed by atoms with Crippen LogP contribution in [0.25, 0.3) is 0 Å². The molecule has 1 aromatic rings. The molecule has 2 heterocycles. The third-order valence-electron chi connectivity index (χ3n) is 8.55. The summed E-state index contributed by atoms with van der Waals surface area (Å²) in [6.45, 7) is 8.75. The highest BCUT2D eigenvalue weighted by Crippen LogP contribution is 2.35. The molecular formula is C30H45N3O3S. The van der Waals surface area contributed by atoms with Crippen molar-refractivity contribution in [1.29, 1.82) is 0 Å². The highest BCUT2D eigenvalue weighted by atomic mass is 32.2. The number of benzene rings is 1. The molecule has 2 N–H and O–H groups in total. The number of nitrogens with one attached hydrogen (secondary N) is 2. The maximum Gasteiger partial charge on any atom is 0.255 e. The molecule has 1 saturated carbocycles. The number of carbonyl (C=O) groups excluding carboxylic acids is 3. The van der Waals surface area contributed by atoms with Gasteiger partial charge in [0.15, 0.2) is 0 Å². The SMILES string of the molecule is CC(C)C1CC[C@H](C)C[C@@H]1NCCCCCCCSc1cccc2c1CN(C1CCC(=O)NC1=O)C2=O. The summed E-state index contributed by atoms with van der Waals surface area (Å²) >= 11 is 1.82. The first-order chi connectivity index (χ1) is 17.8. The summed E-state index contributed by atoms with van der Waals surface area (Å²) in [6, 6.07) is 6.04. The van der Waals surface area contributed by atoms with Gasteiger partial charge in [0, 0.05) is 29.5 Å². The van der Waals surface area contributed by atoms with E-state index < -0.39 is 6.04 Å². The monoisotopic (exact) mass is 527 g/mol. The van der Waals surface area contributed by atoms with Crippen molar-refractivity contribution in [2.24, 2.45) is 17.8 Å². The molecule has 0 aromatic heterocycles. The van der Waals surface area contributed by atoms with Crippen LogP contribution in [-0.2, 0) is 16.1 Å². The van der Waals surface area contributed by atoms with Crippen LogP contribution in [0.2, 0.25) is 0 Å². The van der Waals surface area contributed by atoms with Crippen LogP contribution in [0.5, 0.6) is 0 Å². The summed E-state index contributed by atoms with van der Waals surface area (Å²) in [7, 11) is 0. The molecule has 0 spiro atoms. The topological polar surface area (TPSA) is 78.5 Å². The Labute approximate surface area is 227 Å². The molecule has 1 aliphatic carbocycles. The number of thioether (sulfide) groups is 1. The predicted molar refractivity (Wildman–Crippen MR) is 149 cm³/mol. The third kappa shape index (κ3) is 7.17. The Bertz CT molecular complexity index is 965. The van der Waals surface area contributed by atoms with Gasteiger partial charge < -0.3 is 10.2 Å². The van der Waals surface area contributed by atoms with Crippen molar-refractivity contribution in [2.75, 3.05) is 12.3 Å². The maximum atomic E-state index is 13.0. The fraction of sp³-hybridized carbons (Fsp3) is 0.700. The molecule has 3 amide bonds. The van der Waals surface area contributed by atoms with E-state index in [1.807, 2.05) is 23.9 Å². The van der Waals surface area contributed by atoms with Crippen molar-refractivity contribution in [2.45, 2.75) is 109 Å². The Kier molecular flexibility index (Phi) is 10.1. The van der Waals surface area contributed by atoms with Gasteiger partial charge in [-0.05, 0) is 79.9 Å². The third-order valence-corrected chi connectivity index (χ3v) is 9.73. The molecule has 6 nitrogen and oxygen atoms in total. The van der Waals surface area contributed by atoms with E-state index in [1.54, 1.807) is 4.90 Å². The van der Waals surface area contributed by atoms with Crippen LogP contribution >= 0.6 is 11.8 Å². The lowest BCUT2D eigenvalue weighted by Crippen LogP contribution is -2.52. The van der Waals surface area contributed by atoms with Gasteiger partial charge in [0.1, 0.15) is 6.04 Å². The van der Waals surface area contributed by atoms with Gasteiger partial charge in [0.2, 0.25) is 11.8 Å². The van der Waals surface area contributed by atoms with Crippen LogP contribution in [0.1, 0.15) is 101 Å². The first-order valence-corrected chi connectivity index (χ1v) is 15.5. The minimum atomic E-state index is -0.553. The molecule has 2 unspecified atom stereocenters. The van der Waals surface area contributed by atoms with E-state index in [-0.39, 0.29) is 24.1 Å². The van der Waals surface area contributed by atoms with Gasteiger partial charge in [-0.15, -0.1) is 11.8 Å². The second kappa shape index (κ2) is 13.3. The fourth-order valence-corrected chi connectivity index (χ4v) is 7.45. The fourth-order valence-electron chi connectivity index (χ4n) is 6.36. The Morgan fingerprint density at radius 2 is 1.84 bits per heavy atom. The zero-order valence-electron chi connectivity index (χ0n) is 22.9. The van der Waals surface area contributed by atoms with Crippen LogP contribution in [-0.4, -0.2) is 47.0 Å². The van der Waals surface area contributed by atoms with Crippen molar-refractivity contribution in [3.05, 3.63) is 29.3 Å². The van der Waals surface area contributed by atoms with E-state index in [0.29, 0.717) is 24.6 Å². The Hall–Kier alpha value is -1.86. The van der Waals surface area contributed by atoms with Gasteiger partial charge in [0.25, 0.3) is 5.91 Å². The zero-order valence-corrected chi connectivity index (χ0v) is 23.7. The number of hydrogen-bond acceptors (Lipinski definition) is 5. The van der Waals surface area contributed by atoms with E-state index in [2.05, 4.69) is 37.5 Å². The lowest BCUT2D eigenvalue weighted by molar-refractivity contribution is -0.136. The first kappa shape index (κ1) is 28.2. The van der Waals surface area contributed by atoms with Gasteiger partial charge in [0.05, 0.1) is 0 Å². The highest BCUT2D eigenvalue weighted by Gasteiger charge is 2.39. The van der Waals surface area contributed by atoms with Gasteiger partial charge in [-0.1, -0.05) is 52.5 Å². The summed E-state index contributed by atoms with van der Waals surface area (Å²) in [6.07, 6.45) is 11.0. The predicted octanol–water partition coefficient (Wildman–Crippen LogP) is 5.54. The largest absolute Gasteiger partial charge is 0.322 e. The number of amides is 3. The maximum absolute atomic E-state index is 13.0. The van der Waals surface area contributed by atoms with Crippen molar-refractivity contribution < 1.29 is 14.4 Å². The molecule has 4 atom stereocenters. The highest BCUT2D eigenvalue weighted by molar-refractivity contribution is 7.99. The van der Waals surface area contributed by atoms with Crippen LogP contribution in [0.3, 0.4) is 0 Å². The molecule has 37 heavy (non-hydrogen) atoms. The van der Waals surface area contributed by atoms with Gasteiger partial charge in [-0.2, -0.15) is 0 Å². The minimum absolute atomic E-state index is 0.0945. The molecule has 204 valence electrons. The molecule has 2 aliphatic heterocycles. The van der Waals surface area contributed by atoms with Gasteiger partial charge in [-0.3, -0.25) is 19.7 Å². The number of hydrogen-bond donors (Lipinski definition) is 2. The summed E-state index contributed by atoms with van der Waals surface area (Å²) < 4.78 is 0. The normalized spacial score (nSPS) is 26.1. The smallest absolute Gasteiger partial charge is 0.255 e. The van der Waals surface area contributed by atoms with Gasteiger partial charge in [-0.25, -0.2) is 0 Å². The summed E-state index contributed by atoms with van der Waals surface area (Å²) in [4.78, 5) is 39.6. The molecule has 0 radical (unpaired) electrons. The molecule has 1 saturated heterocycles. The van der Waals surface area contributed by atoms with Crippen LogP contribution < -0.4 is 10.6 Å². The van der Waals surface area contributed by atoms with Gasteiger partial charge >= 0.3 is 0 Å². The van der Waals surface area contributed by atoms with E-state index in [0.717, 1.165) is 40.5 Å². The van der Waals surface area contributed by atoms with Crippen LogP contribution in [0.15, 0.2) is 23.1 Å². The molecule has 1 aromatic carbocycles. The first-order valence-electron chi connectivity index (χ1n) is 14.5. The summed E-state index contributed by atoms with van der Waals surface area (Å²) in [5.74, 6) is 2.80. The van der Waals surface area contributed by atoms with Crippen molar-refractivity contribution in [1.82, 2.24) is 15.5 Å². The van der Waals surface area contributed by atoms with Crippen LogP contribution in [0, 0.1) is 17.8 Å². The molecular weight excluding hydrogens is 482 g/mol. The molecule has 3 aliphatic rings. The molecule has 7 heteroatoms. The average Bonchev–Trinajstić information content (AvgIpc) is 3.19. The number of unbranched alkanes of at least 4 members (excludes halogenated alkanes) is 4. The van der Waals surface area contributed by atoms with Crippen molar-refractivity contribution >= 4 is 29.5 Å². The average molecular weight is 528 g/mol. The Morgan fingerprint density at radius 3 is 2.62 bits per heavy atom. The van der Waals surface area contributed by atoms with E-state index in [1.165, 1.54) is 51.4 Å². The van der Waals surface area contributed by atoms with Crippen molar-refractivity contribution in [3.63, 3.8) is 0 Å². The minimum Gasteiger partial charge on any atom is -0.322 e. The standard InChI is InChI=1S/C30H45N3O3S/c1-20(2)22-13-12-21(3)18-25(22)31-16-7-5-4-6-8-17-37-27-11-9-10-23-24(27)19-33(30(23)36)26-14-15-28(34)32-29(26)35/h9-11,20-22,25-26,31H,4-8,12-19H2,1-3H3,(H,32,34,35)/t21-,22?,25-,26?/m0/s1. The second-order valence-electron chi connectivity index (χ2n) is 11.7. The van der Waals surface area contributed by atoms with Crippen molar-refractivity contribution in [3.8, 4) is 0 Å². The molecule has 4 rings (SSSR count). The number of carbonyl (C=O) groups is 3. The number of rotatable bonds is 12. The summed E-state index contributed by atoms with van der Waals surface area (Å²) in [5.41, 5.74) is 1.74. The Morgan fingerprint density at radius 1 is 1.05 bits per heavy atom. The van der Waals surface area contributed by atoms with E-state index in [4.69, 9.17) is 0 Å². The quantitative estimate of drug-likeness (QED) is 0.212. The van der Waals surface area contributed by atoms with Crippen LogP contribution in [0.4, 0.5) is 0 Å². The Balaban J connectivity index is 1.14. The second-order valence-corrected chi connectivity index (χ2v) is 12.8. The summed E-state index contributed by atoms with van der Waals surface area (Å²) in [5, 5.41) is 6.27. The lowest BCUT2D eigenvalue weighted by atomic mass is 9.74. The zero-order chi connectivity index (χ0) is 26.4. The van der Waals surface area contributed by atoms with E-state index >= 15 is 0 Å². The number of imide groups is 1. The lowest BCUT2D eigenvalue weighted by Gasteiger charge is -2.38. The number of piperidine rings is 1. The number of nitrogens with zero attached hydrogens (tertiary/aromatic N) is 1. The number of fused-ring (bicyclic) bond motifs is 1. The molecule has 2 fully saturated rings. The molecule has 0 bridgehead atoms. The van der Waals surface area contributed by atoms with E-state index in [9.17, 15) is 14.4 Å².